The molecule has 1 saturated heterocycles. The number of nitrogens with one attached hydrogen (secondary N) is 1. The Morgan fingerprint density at radius 3 is 2.42 bits per heavy atom. The van der Waals surface area contributed by atoms with Gasteiger partial charge in [-0.2, -0.15) is 0 Å². The minimum atomic E-state index is -3.04. The molecule has 1 fully saturated rings. The molecule has 43 heavy (non-hydrogen) atoms. The van der Waals surface area contributed by atoms with Crippen LogP contribution in [0.25, 0.3) is 11.1 Å². The highest BCUT2D eigenvalue weighted by Gasteiger charge is 2.29. The van der Waals surface area contributed by atoms with Crippen LogP contribution >= 0.6 is 0 Å². The quantitative estimate of drug-likeness (QED) is 0.229. The minimum absolute atomic E-state index is 0.0420. The second-order valence-electron chi connectivity index (χ2n) is 11.0. The summed E-state index contributed by atoms with van der Waals surface area (Å²) in [5, 5.41) is 6.55. The molecule has 0 radical (unpaired) electrons. The lowest BCUT2D eigenvalue weighted by atomic mass is 9.95. The van der Waals surface area contributed by atoms with E-state index in [2.05, 4.69) is 32.2 Å². The van der Waals surface area contributed by atoms with Crippen LogP contribution in [-0.2, 0) is 18.9 Å². The Morgan fingerprint density at radius 1 is 0.953 bits per heavy atom. The Hall–Kier alpha value is -4.28. The molecule has 2 aromatic heterocycles. The maximum atomic E-state index is 14.7. The zero-order chi connectivity index (χ0) is 30.6. The number of amides is 1. The van der Waals surface area contributed by atoms with Gasteiger partial charge in [-0.15, -0.1) is 0 Å². The Morgan fingerprint density at radius 2 is 1.72 bits per heavy atom. The lowest BCUT2D eigenvalue weighted by molar-refractivity contribution is 0.0153. The first-order chi connectivity index (χ1) is 20.6. The smallest absolute Gasteiger partial charge is 0.270 e. The van der Waals surface area contributed by atoms with Crippen LogP contribution in [0.4, 0.5) is 14.5 Å². The Kier molecular flexibility index (Phi) is 9.08. The fraction of sp³-hybridized carbons (Fsp3) is 0.333. The molecule has 3 heterocycles. The van der Waals surface area contributed by atoms with Crippen molar-refractivity contribution < 1.29 is 22.9 Å². The molecule has 1 aliphatic rings. The van der Waals surface area contributed by atoms with Crippen LogP contribution in [0.1, 0.15) is 56.8 Å². The van der Waals surface area contributed by atoms with Crippen molar-refractivity contribution in [2.24, 2.45) is 0 Å². The maximum Gasteiger partial charge on any atom is 0.270 e. The van der Waals surface area contributed by atoms with Gasteiger partial charge < -0.3 is 14.7 Å². The summed E-state index contributed by atoms with van der Waals surface area (Å²) >= 11 is 0. The predicted molar refractivity (Wildman–Crippen MR) is 160 cm³/mol. The van der Waals surface area contributed by atoms with E-state index in [-0.39, 0.29) is 23.7 Å². The molecule has 0 bridgehead atoms. The van der Waals surface area contributed by atoms with Gasteiger partial charge in [0.1, 0.15) is 6.26 Å². The van der Waals surface area contributed by atoms with Crippen molar-refractivity contribution in [2.45, 2.75) is 39.7 Å². The highest BCUT2D eigenvalue weighted by Crippen LogP contribution is 2.32. The van der Waals surface area contributed by atoms with Crippen LogP contribution in [0.2, 0.25) is 0 Å². The standard InChI is InChI=1S/C33H35F2N5O3/c1-4-39-9-11-40(12-10-39)20-25-8-6-23(13-29(25)33(3,34)35)14-31(41)24-7-5-22(2)30(16-24)38-32(42)27-15-26(17-36-18-27)28-19-37-43-21-28/h5-8,13,15-19,21H,4,9-12,14,20H2,1-3H3,(H,38,42). The van der Waals surface area contributed by atoms with Crippen molar-refractivity contribution in [2.75, 3.05) is 38.0 Å². The van der Waals surface area contributed by atoms with E-state index < -0.39 is 5.92 Å². The number of pyridine rings is 1. The van der Waals surface area contributed by atoms with E-state index in [1.165, 1.54) is 24.7 Å². The Balaban J connectivity index is 1.29. The number of carbonyl (C=O) groups excluding carboxylic acids is 2. The van der Waals surface area contributed by atoms with Crippen molar-refractivity contribution in [3.63, 3.8) is 0 Å². The average molecular weight is 588 g/mol. The number of piperazine rings is 1. The zero-order valence-corrected chi connectivity index (χ0v) is 24.6. The third kappa shape index (κ3) is 7.39. The van der Waals surface area contributed by atoms with Crippen LogP contribution in [0, 0.1) is 6.92 Å². The van der Waals surface area contributed by atoms with Gasteiger partial charge in [-0.1, -0.05) is 36.3 Å². The fourth-order valence-corrected chi connectivity index (χ4v) is 5.27. The molecule has 0 saturated carbocycles. The topological polar surface area (TPSA) is 91.6 Å². The largest absolute Gasteiger partial charge is 0.364 e. The monoisotopic (exact) mass is 587 g/mol. The van der Waals surface area contributed by atoms with Crippen molar-refractivity contribution in [1.82, 2.24) is 19.9 Å². The van der Waals surface area contributed by atoms with Gasteiger partial charge in [0.05, 0.1) is 11.8 Å². The summed E-state index contributed by atoms with van der Waals surface area (Å²) in [6.07, 6.45) is 6.01. The number of hydrogen-bond acceptors (Lipinski definition) is 7. The van der Waals surface area contributed by atoms with Gasteiger partial charge in [-0.05, 0) is 48.4 Å². The number of rotatable bonds is 10. The number of anilines is 1. The van der Waals surface area contributed by atoms with E-state index in [9.17, 15) is 18.4 Å². The first-order valence-corrected chi connectivity index (χ1v) is 14.4. The lowest BCUT2D eigenvalue weighted by Crippen LogP contribution is -2.45. The van der Waals surface area contributed by atoms with Crippen LogP contribution in [0.3, 0.4) is 0 Å². The van der Waals surface area contributed by atoms with Gasteiger partial charge in [-0.3, -0.25) is 19.5 Å². The first kappa shape index (κ1) is 30.2. The third-order valence-electron chi connectivity index (χ3n) is 7.89. The number of nitrogens with zero attached hydrogens (tertiary/aromatic N) is 4. The summed E-state index contributed by atoms with van der Waals surface area (Å²) < 4.78 is 34.3. The van der Waals surface area contributed by atoms with Gasteiger partial charge >= 0.3 is 0 Å². The van der Waals surface area contributed by atoms with Gasteiger partial charge in [0.15, 0.2) is 5.78 Å². The lowest BCUT2D eigenvalue weighted by Gasteiger charge is -2.34. The van der Waals surface area contributed by atoms with Crippen molar-refractivity contribution in [3.8, 4) is 11.1 Å². The van der Waals surface area contributed by atoms with Crippen LogP contribution in [0.15, 0.2) is 71.8 Å². The van der Waals surface area contributed by atoms with Gasteiger partial charge in [-0.25, -0.2) is 8.78 Å². The van der Waals surface area contributed by atoms with Crippen molar-refractivity contribution in [1.29, 1.82) is 0 Å². The van der Waals surface area contributed by atoms with E-state index >= 15 is 0 Å². The SMILES string of the molecule is CCN1CCN(Cc2ccc(CC(=O)c3ccc(C)c(NC(=O)c4cncc(-c5cnoc5)c4)c3)cc2C(C)(F)F)CC1. The molecule has 0 aliphatic carbocycles. The molecule has 10 heteroatoms. The maximum absolute atomic E-state index is 14.7. The summed E-state index contributed by atoms with van der Waals surface area (Å²) in [4.78, 5) is 35.0. The van der Waals surface area contributed by atoms with Crippen molar-refractivity contribution >= 4 is 17.4 Å². The summed E-state index contributed by atoms with van der Waals surface area (Å²) in [6.45, 7) is 9.79. The molecule has 1 amide bonds. The first-order valence-electron chi connectivity index (χ1n) is 14.4. The molecule has 224 valence electrons. The van der Waals surface area contributed by atoms with E-state index in [4.69, 9.17) is 4.52 Å². The summed E-state index contributed by atoms with van der Waals surface area (Å²) in [5.74, 6) is -3.67. The molecular formula is C33H35F2N5O3. The number of likely N-dealkylation sites (N-methyl/N-ethyl adjacent to an activating group) is 1. The number of alkyl halides is 2. The second-order valence-corrected chi connectivity index (χ2v) is 11.0. The molecule has 1 N–H and O–H groups in total. The summed E-state index contributed by atoms with van der Waals surface area (Å²) in [7, 11) is 0. The molecule has 4 aromatic rings. The summed E-state index contributed by atoms with van der Waals surface area (Å²) in [6, 6.07) is 11.7. The molecular weight excluding hydrogens is 552 g/mol. The molecule has 2 aromatic carbocycles. The molecule has 8 nitrogen and oxygen atoms in total. The number of hydrogen-bond donors (Lipinski definition) is 1. The summed E-state index contributed by atoms with van der Waals surface area (Å²) in [5.41, 5.74) is 4.37. The molecule has 0 unspecified atom stereocenters. The fourth-order valence-electron chi connectivity index (χ4n) is 5.27. The number of aryl methyl sites for hydroxylation is 1. The highest BCUT2D eigenvalue weighted by atomic mass is 19.3. The molecule has 0 atom stereocenters. The Bertz CT molecular complexity index is 1590. The van der Waals surface area contributed by atoms with Gasteiger partial charge in [0, 0.05) is 86.4 Å². The average Bonchev–Trinajstić information content (AvgIpc) is 3.54. The minimum Gasteiger partial charge on any atom is -0.364 e. The number of Topliss-reactive ketones (excluding diaryl/α,β-unsaturated/α-hetero) is 1. The van der Waals surface area contributed by atoms with E-state index in [0.29, 0.717) is 45.6 Å². The normalized spacial score (nSPS) is 14.5. The van der Waals surface area contributed by atoms with E-state index in [0.717, 1.165) is 45.2 Å². The highest BCUT2D eigenvalue weighted by molar-refractivity contribution is 6.06. The van der Waals surface area contributed by atoms with Crippen LogP contribution in [-0.4, -0.2) is 64.4 Å². The van der Waals surface area contributed by atoms with E-state index in [1.54, 1.807) is 42.6 Å². The van der Waals surface area contributed by atoms with Gasteiger partial charge in [0.25, 0.3) is 11.8 Å². The zero-order valence-electron chi connectivity index (χ0n) is 24.6. The van der Waals surface area contributed by atoms with Crippen LogP contribution in [0.5, 0.6) is 0 Å². The number of ketones is 1. The van der Waals surface area contributed by atoms with E-state index in [1.807, 2.05) is 6.92 Å². The predicted octanol–water partition coefficient (Wildman–Crippen LogP) is 5.97. The number of halogens is 2. The second kappa shape index (κ2) is 12.9. The molecule has 1 aliphatic heterocycles. The third-order valence-corrected chi connectivity index (χ3v) is 7.89. The Labute approximate surface area is 249 Å². The molecule has 5 rings (SSSR count). The van der Waals surface area contributed by atoms with Crippen molar-refractivity contribution in [3.05, 3.63) is 101 Å². The number of aromatic nitrogens is 2. The molecule has 0 spiro atoms. The van der Waals surface area contributed by atoms with Gasteiger partial charge in [0.2, 0.25) is 0 Å². The number of carbonyl (C=O) groups is 2. The van der Waals surface area contributed by atoms with Crippen LogP contribution < -0.4 is 5.32 Å². The number of benzene rings is 2.